The van der Waals surface area contributed by atoms with E-state index >= 15 is 0 Å². The molecule has 116 valence electrons. The highest BCUT2D eigenvalue weighted by Crippen LogP contribution is 2.22. The summed E-state index contributed by atoms with van der Waals surface area (Å²) in [5.74, 6) is -0.383. The van der Waals surface area contributed by atoms with Gasteiger partial charge in [0.05, 0.1) is 38.0 Å². The first kappa shape index (κ1) is 15.7. The fourth-order valence-corrected chi connectivity index (χ4v) is 3.69. The minimum atomic E-state index is -3.25. The Morgan fingerprint density at radius 1 is 1.40 bits per heavy atom. The number of hydrogen-bond donors (Lipinski definition) is 1. The highest BCUT2D eigenvalue weighted by molar-refractivity contribution is 7.88. The van der Waals surface area contributed by atoms with Gasteiger partial charge < -0.3 is 14.7 Å². The first-order valence-corrected chi connectivity index (χ1v) is 8.72. The third-order valence-corrected chi connectivity index (χ3v) is 5.19. The average Bonchev–Trinajstić information content (AvgIpc) is 2.45. The minimum absolute atomic E-state index is 0.0688. The fraction of sp³-hybridized carbons (Fsp3) is 0.917. The van der Waals surface area contributed by atoms with E-state index in [1.54, 1.807) is 4.90 Å². The zero-order valence-electron chi connectivity index (χ0n) is 11.7. The Balaban J connectivity index is 2.04. The van der Waals surface area contributed by atoms with E-state index in [9.17, 15) is 18.3 Å². The molecule has 0 bridgehead atoms. The van der Waals surface area contributed by atoms with E-state index in [1.807, 2.05) is 0 Å². The van der Waals surface area contributed by atoms with Crippen LogP contribution in [0.3, 0.4) is 0 Å². The molecule has 0 aliphatic carbocycles. The molecule has 2 unspecified atom stereocenters. The Bertz CT molecular complexity index is 453. The predicted octanol–water partition coefficient (Wildman–Crippen LogP) is -1.12. The smallest absolute Gasteiger partial charge is 0.227 e. The van der Waals surface area contributed by atoms with Crippen LogP contribution in [-0.4, -0.2) is 80.4 Å². The number of sulfonamides is 1. The molecule has 2 rings (SSSR count). The number of ether oxygens (including phenoxy) is 1. The van der Waals surface area contributed by atoms with Crippen molar-refractivity contribution in [3.05, 3.63) is 0 Å². The van der Waals surface area contributed by atoms with E-state index in [2.05, 4.69) is 0 Å². The van der Waals surface area contributed by atoms with Crippen LogP contribution in [-0.2, 0) is 19.6 Å². The summed E-state index contributed by atoms with van der Waals surface area (Å²) in [4.78, 5) is 14.2. The zero-order chi connectivity index (χ0) is 14.8. The van der Waals surface area contributed by atoms with Crippen molar-refractivity contribution in [1.82, 2.24) is 9.21 Å². The highest BCUT2D eigenvalue weighted by atomic mass is 32.2. The summed E-state index contributed by atoms with van der Waals surface area (Å²) in [7, 11) is -3.25. The first-order chi connectivity index (χ1) is 9.43. The van der Waals surface area contributed by atoms with Gasteiger partial charge in [0.25, 0.3) is 0 Å². The molecule has 7 nitrogen and oxygen atoms in total. The van der Waals surface area contributed by atoms with E-state index in [4.69, 9.17) is 4.74 Å². The molecule has 20 heavy (non-hydrogen) atoms. The topological polar surface area (TPSA) is 87.2 Å². The van der Waals surface area contributed by atoms with E-state index in [1.165, 1.54) is 10.6 Å². The average molecular weight is 306 g/mol. The normalized spacial score (nSPS) is 29.4. The number of aliphatic hydroxyl groups is 1. The number of hydrogen-bond acceptors (Lipinski definition) is 5. The summed E-state index contributed by atoms with van der Waals surface area (Å²) >= 11 is 0. The van der Waals surface area contributed by atoms with Crippen LogP contribution in [0, 0.1) is 5.92 Å². The van der Waals surface area contributed by atoms with Gasteiger partial charge in [-0.05, 0) is 12.8 Å². The zero-order valence-corrected chi connectivity index (χ0v) is 12.5. The molecule has 1 N–H and O–H groups in total. The molecular weight excluding hydrogens is 284 g/mol. The maximum atomic E-state index is 12.5. The summed E-state index contributed by atoms with van der Waals surface area (Å²) < 4.78 is 29.8. The van der Waals surface area contributed by atoms with Crippen LogP contribution in [0.2, 0.25) is 0 Å². The molecule has 0 spiro atoms. The van der Waals surface area contributed by atoms with Crippen molar-refractivity contribution >= 4 is 15.9 Å². The molecular formula is C12H22N2O5S. The van der Waals surface area contributed by atoms with Crippen molar-refractivity contribution in [2.75, 3.05) is 45.7 Å². The van der Waals surface area contributed by atoms with Crippen molar-refractivity contribution in [2.24, 2.45) is 5.92 Å². The van der Waals surface area contributed by atoms with Crippen LogP contribution in [0.1, 0.15) is 12.8 Å². The number of rotatable bonds is 3. The molecule has 2 heterocycles. The highest BCUT2D eigenvalue weighted by Gasteiger charge is 2.35. The second-order valence-corrected chi connectivity index (χ2v) is 7.39. The summed E-state index contributed by atoms with van der Waals surface area (Å²) in [5, 5.41) is 9.31. The third-order valence-electron chi connectivity index (χ3n) is 3.92. The number of carbonyl (C=O) groups excluding carboxylic acids is 1. The van der Waals surface area contributed by atoms with Crippen LogP contribution < -0.4 is 0 Å². The van der Waals surface area contributed by atoms with Crippen molar-refractivity contribution in [3.63, 3.8) is 0 Å². The molecule has 2 aliphatic heterocycles. The van der Waals surface area contributed by atoms with Crippen LogP contribution in [0.4, 0.5) is 0 Å². The van der Waals surface area contributed by atoms with Gasteiger partial charge in [-0.3, -0.25) is 4.79 Å². The van der Waals surface area contributed by atoms with Crippen molar-refractivity contribution in [3.8, 4) is 0 Å². The molecule has 2 saturated heterocycles. The molecule has 0 aromatic rings. The van der Waals surface area contributed by atoms with Crippen molar-refractivity contribution in [2.45, 2.75) is 18.9 Å². The Morgan fingerprint density at radius 3 is 2.80 bits per heavy atom. The monoisotopic (exact) mass is 306 g/mol. The van der Waals surface area contributed by atoms with Gasteiger partial charge in [-0.15, -0.1) is 0 Å². The lowest BCUT2D eigenvalue weighted by Gasteiger charge is -2.39. The Morgan fingerprint density at radius 2 is 2.15 bits per heavy atom. The maximum absolute atomic E-state index is 12.5. The van der Waals surface area contributed by atoms with Gasteiger partial charge in [-0.1, -0.05) is 0 Å². The summed E-state index contributed by atoms with van der Waals surface area (Å²) in [6.07, 6.45) is 2.56. The van der Waals surface area contributed by atoms with E-state index in [0.717, 1.165) is 0 Å². The number of morpholine rings is 1. The molecule has 2 fully saturated rings. The number of piperidine rings is 1. The number of aliphatic hydroxyl groups excluding tert-OH is 1. The molecule has 2 aliphatic rings. The lowest BCUT2D eigenvalue weighted by Crippen LogP contribution is -2.54. The quantitative estimate of drug-likeness (QED) is 0.713. The summed E-state index contributed by atoms with van der Waals surface area (Å²) in [5.41, 5.74) is 0. The lowest BCUT2D eigenvalue weighted by molar-refractivity contribution is -0.147. The molecule has 0 aromatic carbocycles. The van der Waals surface area contributed by atoms with Gasteiger partial charge in [0, 0.05) is 19.6 Å². The van der Waals surface area contributed by atoms with Gasteiger partial charge in [0.2, 0.25) is 15.9 Å². The van der Waals surface area contributed by atoms with Gasteiger partial charge in [-0.25, -0.2) is 12.7 Å². The van der Waals surface area contributed by atoms with Crippen LogP contribution in [0.25, 0.3) is 0 Å². The largest absolute Gasteiger partial charge is 0.394 e. The van der Waals surface area contributed by atoms with Crippen LogP contribution in [0.5, 0.6) is 0 Å². The second-order valence-electron chi connectivity index (χ2n) is 5.40. The summed E-state index contributed by atoms with van der Waals surface area (Å²) in [6, 6.07) is -0.315. The number of amides is 1. The molecule has 8 heteroatoms. The van der Waals surface area contributed by atoms with E-state index < -0.39 is 10.0 Å². The van der Waals surface area contributed by atoms with E-state index in [0.29, 0.717) is 39.1 Å². The minimum Gasteiger partial charge on any atom is -0.394 e. The first-order valence-electron chi connectivity index (χ1n) is 6.87. The van der Waals surface area contributed by atoms with Crippen LogP contribution in [0.15, 0.2) is 0 Å². The maximum Gasteiger partial charge on any atom is 0.227 e. The number of nitrogens with zero attached hydrogens (tertiary/aromatic N) is 2. The Hall–Kier alpha value is -0.700. The molecule has 2 atom stereocenters. The van der Waals surface area contributed by atoms with Crippen LogP contribution >= 0.6 is 0 Å². The summed E-state index contributed by atoms with van der Waals surface area (Å²) in [6.45, 7) is 1.85. The van der Waals surface area contributed by atoms with Gasteiger partial charge in [-0.2, -0.15) is 0 Å². The molecule has 1 amide bonds. The fourth-order valence-electron chi connectivity index (χ4n) is 2.78. The molecule has 0 saturated carbocycles. The van der Waals surface area contributed by atoms with E-state index in [-0.39, 0.29) is 31.0 Å². The number of carbonyl (C=O) groups is 1. The van der Waals surface area contributed by atoms with Crippen molar-refractivity contribution in [1.29, 1.82) is 0 Å². The van der Waals surface area contributed by atoms with Gasteiger partial charge in [0.15, 0.2) is 0 Å². The van der Waals surface area contributed by atoms with Gasteiger partial charge >= 0.3 is 0 Å². The van der Waals surface area contributed by atoms with Gasteiger partial charge in [0.1, 0.15) is 0 Å². The predicted molar refractivity (Wildman–Crippen MR) is 72.5 cm³/mol. The Kier molecular flexibility index (Phi) is 5.00. The standard InChI is InChI=1S/C12H22N2O5S/c1-20(17,18)13-4-2-3-10(7-13)12(16)14-5-6-19-9-11(14)8-15/h10-11,15H,2-9H2,1H3. The molecule has 0 radical (unpaired) electrons. The lowest BCUT2D eigenvalue weighted by atomic mass is 9.97. The van der Waals surface area contributed by atoms with Crippen molar-refractivity contribution < 1.29 is 23.1 Å². The third kappa shape index (κ3) is 3.49. The molecule has 0 aromatic heterocycles. The Labute approximate surface area is 119 Å². The second kappa shape index (κ2) is 6.38. The SMILES string of the molecule is CS(=O)(=O)N1CCCC(C(=O)N2CCOCC2CO)C1.